The molecule has 0 aromatic heterocycles. The highest BCUT2D eigenvalue weighted by Gasteiger charge is 2.43. The number of amides is 3. The molecule has 0 spiro atoms. The zero-order chi connectivity index (χ0) is 23.5. The zero-order valence-electron chi connectivity index (χ0n) is 19.5. The van der Waals surface area contributed by atoms with Crippen molar-refractivity contribution >= 4 is 29.3 Å². The van der Waals surface area contributed by atoms with Crippen LogP contribution in [-0.4, -0.2) is 28.3 Å². The summed E-state index contributed by atoms with van der Waals surface area (Å²) < 4.78 is 0. The van der Waals surface area contributed by atoms with Gasteiger partial charge in [0.05, 0.1) is 6.54 Å². The molecule has 0 bridgehead atoms. The Labute approximate surface area is 190 Å². The minimum atomic E-state index is -0.800. The molecule has 7 heteroatoms. The van der Waals surface area contributed by atoms with Crippen LogP contribution in [0.2, 0.25) is 0 Å². The highest BCUT2D eigenvalue weighted by Crippen LogP contribution is 2.29. The third-order valence-electron chi connectivity index (χ3n) is 5.54. The van der Waals surface area contributed by atoms with Crippen LogP contribution < -0.4 is 16.4 Å². The van der Waals surface area contributed by atoms with E-state index in [4.69, 9.17) is 5.73 Å². The number of aliphatic imine (C=N–C) groups is 1. The van der Waals surface area contributed by atoms with E-state index in [0.29, 0.717) is 30.5 Å². The van der Waals surface area contributed by atoms with Gasteiger partial charge >= 0.3 is 6.03 Å². The quantitative estimate of drug-likeness (QED) is 0.576. The summed E-state index contributed by atoms with van der Waals surface area (Å²) in [6.07, 6.45) is 0.654. The predicted octanol–water partition coefficient (Wildman–Crippen LogP) is 4.92. The van der Waals surface area contributed by atoms with E-state index in [1.165, 1.54) is 10.5 Å². The van der Waals surface area contributed by atoms with Crippen molar-refractivity contribution in [2.75, 3.05) is 10.6 Å². The van der Waals surface area contributed by atoms with Gasteiger partial charge in [-0.3, -0.25) is 9.69 Å². The van der Waals surface area contributed by atoms with Crippen molar-refractivity contribution in [2.45, 2.75) is 59.0 Å². The summed E-state index contributed by atoms with van der Waals surface area (Å²) in [7, 11) is 0. The van der Waals surface area contributed by atoms with Crippen molar-refractivity contribution in [1.82, 2.24) is 4.90 Å². The van der Waals surface area contributed by atoms with Gasteiger partial charge in [-0.05, 0) is 60.6 Å². The van der Waals surface area contributed by atoms with Crippen LogP contribution in [0, 0.1) is 5.92 Å². The smallest absolute Gasteiger partial charge is 0.323 e. The molecule has 7 nitrogen and oxygen atoms in total. The van der Waals surface area contributed by atoms with Crippen LogP contribution in [0.3, 0.4) is 0 Å². The molecule has 0 saturated carbocycles. The molecular weight excluding hydrogens is 402 g/mol. The van der Waals surface area contributed by atoms with Crippen molar-refractivity contribution < 1.29 is 9.59 Å². The molecule has 3 rings (SSSR count). The second kappa shape index (κ2) is 9.42. The van der Waals surface area contributed by atoms with Crippen LogP contribution in [-0.2, 0) is 11.3 Å². The lowest BCUT2D eigenvalue weighted by Gasteiger charge is -2.23. The van der Waals surface area contributed by atoms with E-state index in [-0.39, 0.29) is 17.9 Å². The Hall–Kier alpha value is -3.35. The summed E-state index contributed by atoms with van der Waals surface area (Å²) in [5, 5.41) is 5.65. The Morgan fingerprint density at radius 3 is 2.03 bits per heavy atom. The first-order valence-electron chi connectivity index (χ1n) is 11.0. The Balaban J connectivity index is 1.57. The van der Waals surface area contributed by atoms with Gasteiger partial charge in [-0.25, -0.2) is 9.79 Å². The van der Waals surface area contributed by atoms with Gasteiger partial charge in [-0.1, -0.05) is 52.0 Å². The van der Waals surface area contributed by atoms with Crippen LogP contribution >= 0.6 is 0 Å². The number of hydrogen-bond acceptors (Lipinski definition) is 4. The Bertz CT molecular complexity index is 996. The largest absolute Gasteiger partial charge is 0.369 e. The van der Waals surface area contributed by atoms with Crippen LogP contribution in [0.5, 0.6) is 0 Å². The summed E-state index contributed by atoms with van der Waals surface area (Å²) in [5.41, 5.74) is 8.76. The molecule has 1 unspecified atom stereocenters. The molecule has 170 valence electrons. The first-order valence-corrected chi connectivity index (χ1v) is 11.0. The van der Waals surface area contributed by atoms with E-state index in [0.717, 1.165) is 11.3 Å². The van der Waals surface area contributed by atoms with Crippen molar-refractivity contribution in [1.29, 1.82) is 0 Å². The van der Waals surface area contributed by atoms with Gasteiger partial charge in [0.2, 0.25) is 0 Å². The molecule has 1 atom stereocenters. The number of nitrogens with zero attached hydrogens (tertiary/aromatic N) is 2. The molecule has 0 fully saturated rings. The van der Waals surface area contributed by atoms with Crippen LogP contribution in [0.25, 0.3) is 0 Å². The van der Waals surface area contributed by atoms with Crippen LogP contribution in [0.15, 0.2) is 53.5 Å². The van der Waals surface area contributed by atoms with Gasteiger partial charge < -0.3 is 16.4 Å². The first kappa shape index (κ1) is 23.3. The van der Waals surface area contributed by atoms with Gasteiger partial charge in [-0.15, -0.1) is 0 Å². The van der Waals surface area contributed by atoms with Gasteiger partial charge in [0, 0.05) is 11.4 Å². The number of rotatable bonds is 7. The summed E-state index contributed by atoms with van der Waals surface area (Å²) >= 11 is 0. The number of nitrogens with two attached hydrogens (primary N) is 1. The number of nitrogens with one attached hydrogen (secondary N) is 2. The fraction of sp³-hybridized carbons (Fsp3) is 0.400. The molecule has 0 radical (unpaired) electrons. The van der Waals surface area contributed by atoms with Crippen molar-refractivity contribution in [3.05, 3.63) is 59.7 Å². The summed E-state index contributed by atoms with van der Waals surface area (Å²) in [6, 6.07) is 14.8. The molecule has 0 saturated heterocycles. The number of benzene rings is 2. The van der Waals surface area contributed by atoms with E-state index in [1.54, 1.807) is 12.1 Å². The first-order chi connectivity index (χ1) is 15.1. The lowest BCUT2D eigenvalue weighted by Crippen LogP contribution is -2.43. The van der Waals surface area contributed by atoms with Gasteiger partial charge in [0.25, 0.3) is 5.91 Å². The minimum absolute atomic E-state index is 0.0752. The van der Waals surface area contributed by atoms with Gasteiger partial charge in [-0.2, -0.15) is 0 Å². The molecular formula is C25H33N5O2. The fourth-order valence-corrected chi connectivity index (χ4v) is 3.96. The number of urea groups is 1. The van der Waals surface area contributed by atoms with Gasteiger partial charge in [0.15, 0.2) is 5.96 Å². The second-order valence-corrected chi connectivity index (χ2v) is 9.29. The average molecular weight is 436 g/mol. The molecule has 3 amide bonds. The lowest BCUT2D eigenvalue weighted by atomic mass is 9.91. The Morgan fingerprint density at radius 2 is 1.53 bits per heavy atom. The monoisotopic (exact) mass is 435 g/mol. The second-order valence-electron chi connectivity index (χ2n) is 9.29. The minimum Gasteiger partial charge on any atom is -0.369 e. The van der Waals surface area contributed by atoms with Crippen molar-refractivity contribution in [3.8, 4) is 0 Å². The predicted molar refractivity (Wildman–Crippen MR) is 130 cm³/mol. The highest BCUT2D eigenvalue weighted by molar-refractivity contribution is 6.06. The van der Waals surface area contributed by atoms with E-state index in [1.807, 2.05) is 43.3 Å². The topological polar surface area (TPSA) is 99.8 Å². The molecule has 1 heterocycles. The maximum atomic E-state index is 12.9. The molecule has 0 aliphatic carbocycles. The van der Waals surface area contributed by atoms with Gasteiger partial charge in [0.1, 0.15) is 5.54 Å². The SMILES string of the molecule is CC(C)CC1(C)N=C(N)N(Cc2ccc(NC(=O)Nc3ccc(C(C)C)cc3)cc2)C1=O. The molecule has 1 aliphatic rings. The van der Waals surface area contributed by atoms with E-state index in [9.17, 15) is 9.59 Å². The summed E-state index contributed by atoms with van der Waals surface area (Å²) in [4.78, 5) is 31.2. The molecule has 1 aliphatic heterocycles. The fourth-order valence-electron chi connectivity index (χ4n) is 3.96. The summed E-state index contributed by atoms with van der Waals surface area (Å²) in [6.45, 7) is 10.6. The average Bonchev–Trinajstić information content (AvgIpc) is 2.91. The molecule has 2 aromatic carbocycles. The maximum absolute atomic E-state index is 12.9. The van der Waals surface area contributed by atoms with Crippen molar-refractivity contribution in [3.63, 3.8) is 0 Å². The zero-order valence-corrected chi connectivity index (χ0v) is 19.5. The molecule has 32 heavy (non-hydrogen) atoms. The standard InChI is InChI=1S/C25H33N5O2/c1-16(2)14-25(5)22(31)30(23(26)29-25)15-18-6-10-20(11-7-18)27-24(32)28-21-12-8-19(9-13-21)17(3)4/h6-13,16-17H,14-15H2,1-5H3,(H2,26,29)(H2,27,28,32). The molecule has 2 aromatic rings. The number of anilines is 2. The Morgan fingerprint density at radius 1 is 1.00 bits per heavy atom. The molecule has 4 N–H and O–H groups in total. The number of carbonyl (C=O) groups is 2. The Kier molecular flexibility index (Phi) is 6.87. The maximum Gasteiger partial charge on any atom is 0.323 e. The van der Waals surface area contributed by atoms with Crippen LogP contribution in [0.4, 0.5) is 16.2 Å². The van der Waals surface area contributed by atoms with Crippen LogP contribution in [0.1, 0.15) is 58.1 Å². The number of hydrogen-bond donors (Lipinski definition) is 3. The summed E-state index contributed by atoms with van der Waals surface area (Å²) in [5.74, 6) is 0.958. The lowest BCUT2D eigenvalue weighted by molar-refractivity contribution is -0.131. The normalized spacial score (nSPS) is 18.3. The number of guanidine groups is 1. The van der Waals surface area contributed by atoms with Crippen molar-refractivity contribution in [2.24, 2.45) is 16.6 Å². The van der Waals surface area contributed by atoms with E-state index >= 15 is 0 Å². The third-order valence-corrected chi connectivity index (χ3v) is 5.54. The van der Waals surface area contributed by atoms with E-state index in [2.05, 4.69) is 43.3 Å². The number of carbonyl (C=O) groups excluding carboxylic acids is 2. The van der Waals surface area contributed by atoms with E-state index < -0.39 is 5.54 Å². The highest BCUT2D eigenvalue weighted by atomic mass is 16.2. The third kappa shape index (κ3) is 5.46.